The zero-order valence-electron chi connectivity index (χ0n) is 16.6. The van der Waals surface area contributed by atoms with Crippen molar-refractivity contribution in [3.63, 3.8) is 0 Å². The first-order valence-electron chi connectivity index (χ1n) is 10.5. The van der Waals surface area contributed by atoms with E-state index >= 15 is 0 Å². The summed E-state index contributed by atoms with van der Waals surface area (Å²) in [6.45, 7) is 2.69. The lowest BCUT2D eigenvalue weighted by atomic mass is 9.49. The first-order valence-corrected chi connectivity index (χ1v) is 11.4. The third kappa shape index (κ3) is 3.80. The lowest BCUT2D eigenvalue weighted by molar-refractivity contribution is -0.146. The van der Waals surface area contributed by atoms with Crippen molar-refractivity contribution in [2.24, 2.45) is 23.2 Å². The van der Waals surface area contributed by atoms with Gasteiger partial charge in [0.15, 0.2) is 0 Å². The van der Waals surface area contributed by atoms with Gasteiger partial charge in [0.25, 0.3) is 0 Å². The molecule has 0 spiro atoms. The van der Waals surface area contributed by atoms with Crippen molar-refractivity contribution in [3.8, 4) is 0 Å². The van der Waals surface area contributed by atoms with Crippen molar-refractivity contribution in [2.75, 3.05) is 13.6 Å². The molecule has 4 fully saturated rings. The molecule has 1 atom stereocenters. The van der Waals surface area contributed by atoms with Crippen molar-refractivity contribution in [1.82, 2.24) is 10.2 Å². The molecule has 2 amide bonds. The molecule has 4 aliphatic rings. The van der Waals surface area contributed by atoms with E-state index in [-0.39, 0.29) is 23.3 Å². The summed E-state index contributed by atoms with van der Waals surface area (Å²) in [7, 11) is 1.88. The van der Waals surface area contributed by atoms with Gasteiger partial charge in [-0.2, -0.15) is 0 Å². The molecule has 0 aromatic carbocycles. The van der Waals surface area contributed by atoms with Gasteiger partial charge >= 0.3 is 0 Å². The summed E-state index contributed by atoms with van der Waals surface area (Å²) in [6.07, 6.45) is 8.59. The van der Waals surface area contributed by atoms with E-state index in [1.165, 1.54) is 24.1 Å². The van der Waals surface area contributed by atoms with Crippen LogP contribution in [0.1, 0.15) is 69.2 Å². The normalized spacial score (nSPS) is 32.3. The fraction of sp³-hybridized carbons (Fsp3) is 0.727. The maximum Gasteiger partial charge on any atom is 0.226 e. The van der Waals surface area contributed by atoms with Crippen LogP contribution in [0.25, 0.3) is 0 Å². The second-order valence-corrected chi connectivity index (χ2v) is 10.2. The molecular weight excluding hydrogens is 356 g/mol. The van der Waals surface area contributed by atoms with Gasteiger partial charge in [0.1, 0.15) is 0 Å². The highest BCUT2D eigenvalue weighted by Gasteiger charge is 2.54. The standard InChI is InChI=1S/C22H32N2O2S/c1-15(19-5-4-8-27-19)24(2)20(25)6-3-7-23-21(26)22-12-16-9-17(13-22)11-18(10-16)14-22/h4-5,8,15-18H,3,6-7,9-14H2,1-2H3,(H,23,26)/t15-,16?,17?,18?,22?/m1/s1. The number of carbonyl (C=O) groups is 2. The Morgan fingerprint density at radius 2 is 1.85 bits per heavy atom. The second kappa shape index (κ2) is 7.57. The van der Waals surface area contributed by atoms with E-state index in [1.54, 1.807) is 11.3 Å². The fourth-order valence-corrected chi connectivity index (χ4v) is 6.96. The molecule has 148 valence electrons. The zero-order valence-corrected chi connectivity index (χ0v) is 17.4. The Morgan fingerprint density at radius 1 is 1.22 bits per heavy atom. The van der Waals surface area contributed by atoms with Gasteiger partial charge in [0.05, 0.1) is 6.04 Å². The van der Waals surface area contributed by atoms with Crippen LogP contribution in [0.5, 0.6) is 0 Å². The lowest BCUT2D eigenvalue weighted by Gasteiger charge is -2.55. The summed E-state index contributed by atoms with van der Waals surface area (Å²) >= 11 is 1.69. The molecule has 0 radical (unpaired) electrons. The third-order valence-electron chi connectivity index (χ3n) is 7.30. The van der Waals surface area contributed by atoms with Crippen LogP contribution in [0.3, 0.4) is 0 Å². The largest absolute Gasteiger partial charge is 0.356 e. The van der Waals surface area contributed by atoms with E-state index in [0.29, 0.717) is 13.0 Å². The highest BCUT2D eigenvalue weighted by molar-refractivity contribution is 7.10. The Labute approximate surface area is 166 Å². The molecule has 5 heteroatoms. The highest BCUT2D eigenvalue weighted by Crippen LogP contribution is 2.60. The lowest BCUT2D eigenvalue weighted by Crippen LogP contribution is -2.53. The fourth-order valence-electron chi connectivity index (χ4n) is 6.13. The number of hydrogen-bond acceptors (Lipinski definition) is 3. The summed E-state index contributed by atoms with van der Waals surface area (Å²) < 4.78 is 0. The Kier molecular flexibility index (Phi) is 5.32. The SMILES string of the molecule is C[C@H](c1cccs1)N(C)C(=O)CCCNC(=O)C12CC3CC(CC(C3)C1)C2. The van der Waals surface area contributed by atoms with E-state index in [0.717, 1.165) is 43.4 Å². The number of rotatable bonds is 7. The van der Waals surface area contributed by atoms with Crippen LogP contribution in [0.15, 0.2) is 17.5 Å². The van der Waals surface area contributed by atoms with E-state index in [2.05, 4.69) is 18.3 Å². The van der Waals surface area contributed by atoms with Crippen molar-refractivity contribution in [2.45, 2.75) is 64.3 Å². The molecule has 4 nitrogen and oxygen atoms in total. The maximum absolute atomic E-state index is 12.9. The van der Waals surface area contributed by atoms with Gasteiger partial charge in [-0.25, -0.2) is 0 Å². The van der Waals surface area contributed by atoms with E-state index in [1.807, 2.05) is 23.4 Å². The maximum atomic E-state index is 12.9. The average Bonchev–Trinajstić information content (AvgIpc) is 3.17. The molecule has 5 rings (SSSR count). The third-order valence-corrected chi connectivity index (χ3v) is 8.34. The summed E-state index contributed by atoms with van der Waals surface area (Å²) in [5, 5.41) is 5.23. The molecule has 1 N–H and O–H groups in total. The van der Waals surface area contributed by atoms with Crippen LogP contribution in [0.2, 0.25) is 0 Å². The van der Waals surface area contributed by atoms with E-state index < -0.39 is 0 Å². The molecule has 0 saturated heterocycles. The molecule has 4 saturated carbocycles. The molecule has 27 heavy (non-hydrogen) atoms. The van der Waals surface area contributed by atoms with Gasteiger partial charge in [-0.05, 0) is 81.1 Å². The molecule has 0 unspecified atom stereocenters. The van der Waals surface area contributed by atoms with Crippen molar-refractivity contribution < 1.29 is 9.59 Å². The van der Waals surface area contributed by atoms with Gasteiger partial charge in [-0.1, -0.05) is 6.07 Å². The monoisotopic (exact) mass is 388 g/mol. The Bertz CT molecular complexity index is 649. The predicted molar refractivity (Wildman–Crippen MR) is 108 cm³/mol. The number of nitrogens with zero attached hydrogens (tertiary/aromatic N) is 1. The predicted octanol–water partition coefficient (Wildman–Crippen LogP) is 4.38. The molecule has 1 heterocycles. The van der Waals surface area contributed by atoms with E-state index in [9.17, 15) is 9.59 Å². The zero-order chi connectivity index (χ0) is 19.0. The number of hydrogen-bond donors (Lipinski definition) is 1. The van der Waals surface area contributed by atoms with Gasteiger partial charge in [-0.15, -0.1) is 11.3 Å². The van der Waals surface area contributed by atoms with Crippen LogP contribution in [0, 0.1) is 23.2 Å². The summed E-state index contributed by atoms with van der Waals surface area (Å²) in [6, 6.07) is 4.21. The van der Waals surface area contributed by atoms with Gasteiger partial charge < -0.3 is 10.2 Å². The minimum atomic E-state index is -0.0801. The van der Waals surface area contributed by atoms with Gasteiger partial charge in [-0.3, -0.25) is 9.59 Å². The molecule has 0 aliphatic heterocycles. The number of thiophene rings is 1. The van der Waals surface area contributed by atoms with Crippen molar-refractivity contribution >= 4 is 23.2 Å². The first-order chi connectivity index (χ1) is 13.0. The summed E-state index contributed by atoms with van der Waals surface area (Å²) in [4.78, 5) is 28.4. The summed E-state index contributed by atoms with van der Waals surface area (Å²) in [5.74, 6) is 2.79. The minimum Gasteiger partial charge on any atom is -0.356 e. The Balaban J connectivity index is 1.22. The summed E-state index contributed by atoms with van der Waals surface area (Å²) in [5.41, 5.74) is -0.0801. The first kappa shape index (κ1) is 19.0. The van der Waals surface area contributed by atoms with Crippen LogP contribution in [-0.2, 0) is 9.59 Å². The molecule has 1 aromatic heterocycles. The minimum absolute atomic E-state index is 0.0801. The quantitative estimate of drug-likeness (QED) is 0.705. The van der Waals surface area contributed by atoms with Crippen molar-refractivity contribution in [3.05, 3.63) is 22.4 Å². The average molecular weight is 389 g/mol. The van der Waals surface area contributed by atoms with Crippen LogP contribution in [-0.4, -0.2) is 30.3 Å². The van der Waals surface area contributed by atoms with Crippen molar-refractivity contribution in [1.29, 1.82) is 0 Å². The Morgan fingerprint density at radius 3 is 2.41 bits per heavy atom. The molecular formula is C22H32N2O2S. The smallest absolute Gasteiger partial charge is 0.226 e. The van der Waals surface area contributed by atoms with Gasteiger partial charge in [0.2, 0.25) is 11.8 Å². The Hall–Kier alpha value is -1.36. The molecule has 1 aromatic rings. The number of nitrogens with one attached hydrogen (secondary N) is 1. The molecule has 4 bridgehead atoms. The number of carbonyl (C=O) groups excluding carboxylic acids is 2. The molecule has 4 aliphatic carbocycles. The van der Waals surface area contributed by atoms with Crippen LogP contribution >= 0.6 is 11.3 Å². The van der Waals surface area contributed by atoms with Crippen LogP contribution in [0.4, 0.5) is 0 Å². The second-order valence-electron chi connectivity index (χ2n) is 9.25. The van der Waals surface area contributed by atoms with E-state index in [4.69, 9.17) is 0 Å². The van der Waals surface area contributed by atoms with Gasteiger partial charge in [0, 0.05) is 30.3 Å². The number of amides is 2. The topological polar surface area (TPSA) is 49.4 Å². The highest BCUT2D eigenvalue weighted by atomic mass is 32.1. The van der Waals surface area contributed by atoms with Crippen LogP contribution < -0.4 is 5.32 Å².